The van der Waals surface area contributed by atoms with E-state index in [-0.39, 0.29) is 21.9 Å². The molecule has 118 valence electrons. The van der Waals surface area contributed by atoms with Crippen LogP contribution >= 0.6 is 0 Å². The van der Waals surface area contributed by atoms with Gasteiger partial charge in [0.05, 0.1) is 0 Å². The Morgan fingerprint density at radius 1 is 1.29 bits per heavy atom. The summed E-state index contributed by atoms with van der Waals surface area (Å²) in [6.45, 7) is 3.46. The third-order valence-electron chi connectivity index (χ3n) is 3.53. The fourth-order valence-corrected chi connectivity index (χ4v) is 4.01. The zero-order valence-electron chi connectivity index (χ0n) is 11.9. The SMILES string of the molecule is CC1CCNCC1NS(=O)(=O)c1ccc(S(C)(=O)=O)nc1. The Balaban J connectivity index is 2.19. The predicted octanol–water partition coefficient (Wildman–Crippen LogP) is -0.239. The Kier molecular flexibility index (Phi) is 4.66. The van der Waals surface area contributed by atoms with Crippen molar-refractivity contribution in [2.75, 3.05) is 19.3 Å². The van der Waals surface area contributed by atoms with E-state index in [9.17, 15) is 16.8 Å². The Labute approximate surface area is 125 Å². The van der Waals surface area contributed by atoms with E-state index < -0.39 is 19.9 Å². The number of hydrogen-bond donors (Lipinski definition) is 2. The molecule has 0 amide bonds. The van der Waals surface area contributed by atoms with Crippen LogP contribution in [0.2, 0.25) is 0 Å². The fraction of sp³-hybridized carbons (Fsp3) is 0.583. The molecule has 21 heavy (non-hydrogen) atoms. The standard InChI is InChI=1S/C12H19N3O4S2/c1-9-5-6-13-8-11(9)15-21(18,19)10-3-4-12(14-7-10)20(2,16)17/h3-4,7,9,11,13,15H,5-6,8H2,1-2H3. The number of sulfonamides is 1. The van der Waals surface area contributed by atoms with E-state index in [1.54, 1.807) is 0 Å². The maximum atomic E-state index is 12.3. The molecule has 0 aromatic carbocycles. The molecule has 0 saturated carbocycles. The summed E-state index contributed by atoms with van der Waals surface area (Å²) in [6.07, 6.45) is 3.00. The van der Waals surface area contributed by atoms with Crippen molar-refractivity contribution in [2.45, 2.75) is 29.3 Å². The number of nitrogens with one attached hydrogen (secondary N) is 2. The number of pyridine rings is 1. The zero-order chi connectivity index (χ0) is 15.7. The van der Waals surface area contributed by atoms with Crippen LogP contribution in [-0.4, -0.2) is 47.2 Å². The number of sulfone groups is 1. The summed E-state index contributed by atoms with van der Waals surface area (Å²) in [5, 5.41) is 3.00. The lowest BCUT2D eigenvalue weighted by atomic mass is 9.96. The molecule has 0 bridgehead atoms. The Hall–Kier alpha value is -1.03. The normalized spacial score (nSPS) is 23.9. The van der Waals surface area contributed by atoms with E-state index in [1.165, 1.54) is 12.1 Å². The molecule has 2 rings (SSSR count). The van der Waals surface area contributed by atoms with Crippen LogP contribution in [0.1, 0.15) is 13.3 Å². The van der Waals surface area contributed by atoms with Gasteiger partial charge in [0.15, 0.2) is 14.9 Å². The largest absolute Gasteiger partial charge is 0.315 e. The van der Waals surface area contributed by atoms with Crippen molar-refractivity contribution in [2.24, 2.45) is 5.92 Å². The molecular formula is C12H19N3O4S2. The highest BCUT2D eigenvalue weighted by molar-refractivity contribution is 7.90. The number of piperidine rings is 1. The van der Waals surface area contributed by atoms with Crippen LogP contribution in [-0.2, 0) is 19.9 Å². The van der Waals surface area contributed by atoms with E-state index in [1.807, 2.05) is 6.92 Å². The van der Waals surface area contributed by atoms with Gasteiger partial charge in [0, 0.05) is 25.0 Å². The molecule has 0 aliphatic carbocycles. The van der Waals surface area contributed by atoms with Crippen molar-refractivity contribution < 1.29 is 16.8 Å². The van der Waals surface area contributed by atoms with Gasteiger partial charge in [-0.05, 0) is 31.0 Å². The maximum Gasteiger partial charge on any atom is 0.242 e. The van der Waals surface area contributed by atoms with Crippen molar-refractivity contribution in [3.63, 3.8) is 0 Å². The number of nitrogens with zero attached hydrogens (tertiary/aromatic N) is 1. The highest BCUT2D eigenvalue weighted by atomic mass is 32.2. The summed E-state index contributed by atoms with van der Waals surface area (Å²) in [5.74, 6) is 0.240. The molecule has 1 aromatic heterocycles. The monoisotopic (exact) mass is 333 g/mol. The highest BCUT2D eigenvalue weighted by Crippen LogP contribution is 2.16. The van der Waals surface area contributed by atoms with Gasteiger partial charge < -0.3 is 5.32 Å². The second-order valence-corrected chi connectivity index (χ2v) is 8.98. The van der Waals surface area contributed by atoms with E-state index in [2.05, 4.69) is 15.0 Å². The molecule has 1 aliphatic heterocycles. The minimum atomic E-state index is -3.70. The maximum absolute atomic E-state index is 12.3. The molecule has 1 aliphatic rings. The van der Waals surface area contributed by atoms with Gasteiger partial charge in [0.1, 0.15) is 4.90 Å². The lowest BCUT2D eigenvalue weighted by Gasteiger charge is -2.29. The van der Waals surface area contributed by atoms with E-state index in [4.69, 9.17) is 0 Å². The van der Waals surface area contributed by atoms with Crippen molar-refractivity contribution in [1.82, 2.24) is 15.0 Å². The van der Waals surface area contributed by atoms with Gasteiger partial charge >= 0.3 is 0 Å². The zero-order valence-corrected chi connectivity index (χ0v) is 13.5. The third-order valence-corrected chi connectivity index (χ3v) is 6.01. The predicted molar refractivity (Wildman–Crippen MR) is 78.1 cm³/mol. The van der Waals surface area contributed by atoms with Gasteiger partial charge in [0.25, 0.3) is 0 Å². The average molecular weight is 333 g/mol. The van der Waals surface area contributed by atoms with Crippen LogP contribution in [0.15, 0.2) is 28.3 Å². The van der Waals surface area contributed by atoms with Gasteiger partial charge in [-0.15, -0.1) is 0 Å². The molecule has 0 radical (unpaired) electrons. The van der Waals surface area contributed by atoms with E-state index in [0.29, 0.717) is 6.54 Å². The van der Waals surface area contributed by atoms with Crippen molar-refractivity contribution in [3.8, 4) is 0 Å². The summed E-state index contributed by atoms with van der Waals surface area (Å²) in [6, 6.07) is 2.28. The molecule has 1 fully saturated rings. The second-order valence-electron chi connectivity index (χ2n) is 5.30. The van der Waals surface area contributed by atoms with Gasteiger partial charge in [-0.1, -0.05) is 6.92 Å². The minimum Gasteiger partial charge on any atom is -0.315 e. The number of hydrogen-bond acceptors (Lipinski definition) is 6. The Morgan fingerprint density at radius 2 is 2.00 bits per heavy atom. The summed E-state index contributed by atoms with van der Waals surface area (Å²) < 4.78 is 49.8. The molecule has 0 spiro atoms. The minimum absolute atomic E-state index is 0.0346. The van der Waals surface area contributed by atoms with Gasteiger partial charge in [-0.25, -0.2) is 26.5 Å². The van der Waals surface area contributed by atoms with Gasteiger partial charge in [-0.3, -0.25) is 0 Å². The van der Waals surface area contributed by atoms with Gasteiger partial charge in [-0.2, -0.15) is 0 Å². The first-order chi connectivity index (χ1) is 9.70. The summed E-state index contributed by atoms with van der Waals surface area (Å²) in [7, 11) is -7.14. The first-order valence-electron chi connectivity index (χ1n) is 6.59. The van der Waals surface area contributed by atoms with Gasteiger partial charge in [0.2, 0.25) is 10.0 Å². The first kappa shape index (κ1) is 16.3. The van der Waals surface area contributed by atoms with Crippen LogP contribution in [0.5, 0.6) is 0 Å². The number of rotatable bonds is 4. The topological polar surface area (TPSA) is 105 Å². The molecule has 2 N–H and O–H groups in total. The molecular weight excluding hydrogens is 314 g/mol. The summed E-state index contributed by atoms with van der Waals surface area (Å²) in [4.78, 5) is 3.67. The molecule has 1 saturated heterocycles. The molecule has 2 heterocycles. The third kappa shape index (κ3) is 4.00. The van der Waals surface area contributed by atoms with Crippen LogP contribution in [0.3, 0.4) is 0 Å². The van der Waals surface area contributed by atoms with E-state index >= 15 is 0 Å². The second kappa shape index (κ2) is 5.99. The molecule has 2 atom stereocenters. The number of aromatic nitrogens is 1. The van der Waals surface area contributed by atoms with Crippen LogP contribution < -0.4 is 10.0 Å². The average Bonchev–Trinajstić information content (AvgIpc) is 2.40. The smallest absolute Gasteiger partial charge is 0.242 e. The lowest BCUT2D eigenvalue weighted by Crippen LogP contribution is -2.50. The van der Waals surface area contributed by atoms with Crippen molar-refractivity contribution in [1.29, 1.82) is 0 Å². The van der Waals surface area contributed by atoms with Crippen LogP contribution in [0.25, 0.3) is 0 Å². The van der Waals surface area contributed by atoms with E-state index in [0.717, 1.165) is 25.4 Å². The summed E-state index contributed by atoms with van der Waals surface area (Å²) in [5.41, 5.74) is 0. The first-order valence-corrected chi connectivity index (χ1v) is 9.97. The quantitative estimate of drug-likeness (QED) is 0.788. The Bertz CT molecular complexity index is 699. The summed E-state index contributed by atoms with van der Waals surface area (Å²) >= 11 is 0. The molecule has 9 heteroatoms. The fourth-order valence-electron chi connectivity index (χ4n) is 2.16. The van der Waals surface area contributed by atoms with Crippen LogP contribution in [0, 0.1) is 5.92 Å². The van der Waals surface area contributed by atoms with Crippen molar-refractivity contribution >= 4 is 19.9 Å². The van der Waals surface area contributed by atoms with Crippen LogP contribution in [0.4, 0.5) is 0 Å². The lowest BCUT2D eigenvalue weighted by molar-refractivity contribution is 0.327. The van der Waals surface area contributed by atoms with Crippen molar-refractivity contribution in [3.05, 3.63) is 18.3 Å². The molecule has 1 aromatic rings. The Morgan fingerprint density at radius 3 is 2.52 bits per heavy atom. The highest BCUT2D eigenvalue weighted by Gasteiger charge is 2.27. The molecule has 2 unspecified atom stereocenters. The molecule has 7 nitrogen and oxygen atoms in total.